The maximum atomic E-state index is 13.6. The maximum absolute atomic E-state index is 13.6. The van der Waals surface area contributed by atoms with Crippen LogP contribution in [0.1, 0.15) is 15.9 Å². The van der Waals surface area contributed by atoms with Gasteiger partial charge in [0.05, 0.1) is 5.56 Å². The molecule has 0 fully saturated rings. The summed E-state index contributed by atoms with van der Waals surface area (Å²) >= 11 is 0. The van der Waals surface area contributed by atoms with Gasteiger partial charge in [0.15, 0.2) is 0 Å². The van der Waals surface area contributed by atoms with Gasteiger partial charge in [-0.05, 0) is 29.8 Å². The minimum atomic E-state index is -0.741. The van der Waals surface area contributed by atoms with Crippen molar-refractivity contribution in [1.29, 1.82) is 0 Å². The molecular weight excluding hydrogens is 259 g/mol. The number of halogens is 1. The Kier molecular flexibility index (Phi) is 3.89. The van der Waals surface area contributed by atoms with Gasteiger partial charge in [0.2, 0.25) is 0 Å². The third kappa shape index (κ3) is 3.06. The Labute approximate surface area is 116 Å². The van der Waals surface area contributed by atoms with E-state index < -0.39 is 11.7 Å². The van der Waals surface area contributed by atoms with Crippen molar-refractivity contribution in [2.45, 2.75) is 6.54 Å². The number of anilines is 1. The first-order chi connectivity index (χ1) is 9.47. The average Bonchev–Trinajstić information content (AvgIpc) is 2.38. The van der Waals surface area contributed by atoms with E-state index in [9.17, 15) is 9.18 Å². The van der Waals surface area contributed by atoms with Crippen molar-refractivity contribution in [2.24, 2.45) is 0 Å². The number of hydrogen-bond donors (Lipinski definition) is 2. The molecule has 0 bridgehead atoms. The minimum absolute atomic E-state index is 0.0748. The van der Waals surface area contributed by atoms with E-state index in [1.165, 1.54) is 17.0 Å². The van der Waals surface area contributed by atoms with Gasteiger partial charge in [-0.15, -0.1) is 0 Å². The molecule has 5 heteroatoms. The monoisotopic (exact) mass is 274 g/mol. The summed E-state index contributed by atoms with van der Waals surface area (Å²) in [6, 6.07) is 10.6. The van der Waals surface area contributed by atoms with Crippen LogP contribution in [-0.4, -0.2) is 23.0 Å². The fourth-order valence-corrected chi connectivity index (χ4v) is 1.92. The molecule has 4 nitrogen and oxygen atoms in total. The van der Waals surface area contributed by atoms with Crippen LogP contribution < -0.4 is 5.73 Å². The summed E-state index contributed by atoms with van der Waals surface area (Å²) in [5.41, 5.74) is 7.07. The lowest BCUT2D eigenvalue weighted by Gasteiger charge is -2.18. The van der Waals surface area contributed by atoms with Crippen LogP contribution in [0, 0.1) is 5.82 Å². The number of amides is 1. The third-order valence-electron chi connectivity index (χ3n) is 2.90. The fourth-order valence-electron chi connectivity index (χ4n) is 1.92. The molecule has 2 rings (SSSR count). The molecular formula is C15H15FN2O2. The molecule has 0 saturated carbocycles. The van der Waals surface area contributed by atoms with Crippen molar-refractivity contribution >= 4 is 11.6 Å². The van der Waals surface area contributed by atoms with Crippen LogP contribution in [0.25, 0.3) is 0 Å². The highest BCUT2D eigenvalue weighted by molar-refractivity contribution is 5.94. The van der Waals surface area contributed by atoms with E-state index >= 15 is 0 Å². The SMILES string of the molecule is CN(Cc1cccc(N)c1)C(=O)c1ccc(O)cc1F. The molecule has 0 aliphatic heterocycles. The Morgan fingerprint density at radius 1 is 1.30 bits per heavy atom. The Balaban J connectivity index is 2.16. The Hall–Kier alpha value is -2.56. The zero-order valence-electron chi connectivity index (χ0n) is 11.0. The van der Waals surface area contributed by atoms with Crippen molar-refractivity contribution in [3.05, 3.63) is 59.4 Å². The third-order valence-corrected chi connectivity index (χ3v) is 2.90. The van der Waals surface area contributed by atoms with Gasteiger partial charge in [-0.1, -0.05) is 12.1 Å². The maximum Gasteiger partial charge on any atom is 0.256 e. The lowest BCUT2D eigenvalue weighted by atomic mass is 10.1. The number of rotatable bonds is 3. The van der Waals surface area contributed by atoms with Crippen molar-refractivity contribution < 1.29 is 14.3 Å². The van der Waals surface area contributed by atoms with E-state index in [-0.39, 0.29) is 11.3 Å². The van der Waals surface area contributed by atoms with Gasteiger partial charge >= 0.3 is 0 Å². The molecule has 2 aromatic carbocycles. The van der Waals surface area contributed by atoms with E-state index in [1.54, 1.807) is 25.2 Å². The van der Waals surface area contributed by atoms with E-state index in [4.69, 9.17) is 10.8 Å². The molecule has 2 aromatic rings. The topological polar surface area (TPSA) is 66.6 Å². The number of phenols is 1. The zero-order chi connectivity index (χ0) is 14.7. The Morgan fingerprint density at radius 2 is 2.05 bits per heavy atom. The summed E-state index contributed by atoms with van der Waals surface area (Å²) in [5, 5.41) is 9.14. The number of benzene rings is 2. The van der Waals surface area contributed by atoms with Crippen LogP contribution in [0.2, 0.25) is 0 Å². The average molecular weight is 274 g/mol. The number of carbonyl (C=O) groups excluding carboxylic acids is 1. The first-order valence-electron chi connectivity index (χ1n) is 6.06. The summed E-state index contributed by atoms with van der Waals surface area (Å²) in [6.45, 7) is 0.324. The zero-order valence-corrected chi connectivity index (χ0v) is 11.0. The van der Waals surface area contributed by atoms with Gasteiger partial charge in [-0.25, -0.2) is 4.39 Å². The van der Waals surface area contributed by atoms with Crippen molar-refractivity contribution in [3.8, 4) is 5.75 Å². The second-order valence-electron chi connectivity index (χ2n) is 4.57. The van der Waals surface area contributed by atoms with Crippen molar-refractivity contribution in [2.75, 3.05) is 12.8 Å². The van der Waals surface area contributed by atoms with E-state index in [0.717, 1.165) is 11.6 Å². The predicted octanol–water partition coefficient (Wildman–Crippen LogP) is 2.39. The summed E-state index contributed by atoms with van der Waals surface area (Å²) in [6.07, 6.45) is 0. The van der Waals surface area contributed by atoms with Gasteiger partial charge in [0.25, 0.3) is 5.91 Å². The molecule has 0 atom stereocenters. The molecule has 0 radical (unpaired) electrons. The highest BCUT2D eigenvalue weighted by atomic mass is 19.1. The summed E-state index contributed by atoms with van der Waals surface area (Å²) in [5.74, 6) is -1.41. The van der Waals surface area contributed by atoms with E-state index in [0.29, 0.717) is 12.2 Å². The summed E-state index contributed by atoms with van der Waals surface area (Å²) < 4.78 is 13.6. The number of nitrogens with two attached hydrogens (primary N) is 1. The lowest BCUT2D eigenvalue weighted by molar-refractivity contribution is 0.0780. The first kappa shape index (κ1) is 13.9. The Bertz CT molecular complexity index is 644. The normalized spacial score (nSPS) is 10.3. The number of carbonyl (C=O) groups is 1. The smallest absolute Gasteiger partial charge is 0.256 e. The molecule has 0 unspecified atom stereocenters. The van der Waals surface area contributed by atoms with Crippen LogP contribution in [-0.2, 0) is 6.54 Å². The van der Waals surface area contributed by atoms with Crippen molar-refractivity contribution in [3.63, 3.8) is 0 Å². The molecule has 0 heterocycles. The molecule has 0 aliphatic carbocycles. The molecule has 0 saturated heterocycles. The number of aromatic hydroxyl groups is 1. The van der Waals surface area contributed by atoms with Gasteiger partial charge in [-0.3, -0.25) is 4.79 Å². The molecule has 3 N–H and O–H groups in total. The van der Waals surface area contributed by atoms with Crippen LogP contribution in [0.4, 0.5) is 10.1 Å². The second-order valence-corrected chi connectivity index (χ2v) is 4.57. The Morgan fingerprint density at radius 3 is 2.70 bits per heavy atom. The van der Waals surface area contributed by atoms with E-state index in [1.807, 2.05) is 6.07 Å². The number of phenolic OH excluding ortho intramolecular Hbond substituents is 1. The molecule has 1 amide bonds. The standard InChI is InChI=1S/C15H15FN2O2/c1-18(9-10-3-2-4-11(17)7-10)15(20)13-6-5-12(19)8-14(13)16/h2-8,19H,9,17H2,1H3. The molecule has 104 valence electrons. The first-order valence-corrected chi connectivity index (χ1v) is 6.06. The molecule has 20 heavy (non-hydrogen) atoms. The van der Waals surface area contributed by atoms with Crippen LogP contribution in [0.3, 0.4) is 0 Å². The highest BCUT2D eigenvalue weighted by Gasteiger charge is 2.16. The second kappa shape index (κ2) is 5.61. The molecule has 0 aliphatic rings. The number of nitrogen functional groups attached to an aromatic ring is 1. The van der Waals surface area contributed by atoms with Crippen LogP contribution >= 0.6 is 0 Å². The van der Waals surface area contributed by atoms with Crippen molar-refractivity contribution in [1.82, 2.24) is 4.90 Å². The van der Waals surface area contributed by atoms with Gasteiger partial charge in [-0.2, -0.15) is 0 Å². The summed E-state index contributed by atoms with van der Waals surface area (Å²) in [4.78, 5) is 13.5. The van der Waals surface area contributed by atoms with Gasteiger partial charge in [0.1, 0.15) is 11.6 Å². The van der Waals surface area contributed by atoms with Crippen LogP contribution in [0.15, 0.2) is 42.5 Å². The van der Waals surface area contributed by atoms with Gasteiger partial charge < -0.3 is 15.7 Å². The number of nitrogens with zero attached hydrogens (tertiary/aromatic N) is 1. The quantitative estimate of drug-likeness (QED) is 0.844. The van der Waals surface area contributed by atoms with E-state index in [2.05, 4.69) is 0 Å². The number of hydrogen-bond acceptors (Lipinski definition) is 3. The fraction of sp³-hybridized carbons (Fsp3) is 0.133. The van der Waals surface area contributed by atoms with Crippen LogP contribution in [0.5, 0.6) is 5.75 Å². The summed E-state index contributed by atoms with van der Waals surface area (Å²) in [7, 11) is 1.58. The molecule has 0 spiro atoms. The molecule has 0 aromatic heterocycles. The predicted molar refractivity (Wildman–Crippen MR) is 74.7 cm³/mol. The largest absolute Gasteiger partial charge is 0.508 e. The lowest BCUT2D eigenvalue weighted by Crippen LogP contribution is -2.27. The van der Waals surface area contributed by atoms with Gasteiger partial charge in [0, 0.05) is 25.3 Å². The minimum Gasteiger partial charge on any atom is -0.508 e. The highest BCUT2D eigenvalue weighted by Crippen LogP contribution is 2.17.